The summed E-state index contributed by atoms with van der Waals surface area (Å²) < 4.78 is 6.69. The first-order valence-electron chi connectivity index (χ1n) is 5.59. The molecule has 0 saturated heterocycles. The van der Waals surface area contributed by atoms with Crippen molar-refractivity contribution >= 4 is 11.6 Å². The first-order chi connectivity index (χ1) is 8.06. The van der Waals surface area contributed by atoms with E-state index in [4.69, 9.17) is 16.3 Å². The van der Waals surface area contributed by atoms with Crippen molar-refractivity contribution in [2.24, 2.45) is 0 Å². The fourth-order valence-electron chi connectivity index (χ4n) is 1.58. The van der Waals surface area contributed by atoms with Gasteiger partial charge in [0.15, 0.2) is 0 Å². The normalized spacial score (nSPS) is 13.3. The Morgan fingerprint density at radius 2 is 2.29 bits per heavy atom. The van der Waals surface area contributed by atoms with Crippen LogP contribution < -0.4 is 0 Å². The summed E-state index contributed by atoms with van der Waals surface area (Å²) in [5.41, 5.74) is 0.672. The molecule has 1 N–H and O–H groups in total. The molecule has 6 heteroatoms. The molecule has 17 heavy (non-hydrogen) atoms. The molecule has 0 fully saturated rings. The van der Waals surface area contributed by atoms with E-state index in [0.29, 0.717) is 30.3 Å². The van der Waals surface area contributed by atoms with Crippen LogP contribution >= 0.6 is 11.6 Å². The second kappa shape index (κ2) is 6.96. The second-order valence-electron chi connectivity index (χ2n) is 4.20. The molecule has 1 unspecified atom stereocenters. The van der Waals surface area contributed by atoms with Gasteiger partial charge in [-0.05, 0) is 20.5 Å². The van der Waals surface area contributed by atoms with Gasteiger partial charge in [-0.25, -0.2) is 0 Å². The van der Waals surface area contributed by atoms with E-state index in [1.165, 1.54) is 0 Å². The monoisotopic (exact) mass is 261 g/mol. The van der Waals surface area contributed by atoms with Crippen molar-refractivity contribution in [1.29, 1.82) is 0 Å². The van der Waals surface area contributed by atoms with Gasteiger partial charge in [-0.1, -0.05) is 11.6 Å². The Morgan fingerprint density at radius 3 is 2.88 bits per heavy atom. The highest BCUT2D eigenvalue weighted by atomic mass is 35.5. The summed E-state index contributed by atoms with van der Waals surface area (Å²) in [6.45, 7) is 1.94. The molecular formula is C11H20ClN3O2. The number of hydrogen-bond acceptors (Lipinski definition) is 4. The van der Waals surface area contributed by atoms with Gasteiger partial charge in [0.2, 0.25) is 0 Å². The molecule has 5 nitrogen and oxygen atoms in total. The number of hydrogen-bond donors (Lipinski definition) is 1. The maximum Gasteiger partial charge on any atom is 0.0984 e. The van der Waals surface area contributed by atoms with Gasteiger partial charge >= 0.3 is 0 Å². The lowest BCUT2D eigenvalue weighted by Gasteiger charge is -2.16. The van der Waals surface area contributed by atoms with Gasteiger partial charge in [-0.3, -0.25) is 4.68 Å². The van der Waals surface area contributed by atoms with E-state index in [-0.39, 0.29) is 0 Å². The SMILES string of the molecule is COCCn1ncc(Cl)c1C(O)CCN(C)C. The van der Waals surface area contributed by atoms with E-state index < -0.39 is 6.10 Å². The number of aliphatic hydroxyl groups is 1. The quantitative estimate of drug-likeness (QED) is 0.801. The third kappa shape index (κ3) is 4.27. The van der Waals surface area contributed by atoms with Crippen LogP contribution in [0.15, 0.2) is 6.20 Å². The summed E-state index contributed by atoms with van der Waals surface area (Å²) >= 11 is 6.04. The number of aromatic nitrogens is 2. The Balaban J connectivity index is 2.69. The summed E-state index contributed by atoms with van der Waals surface area (Å²) in [5.74, 6) is 0. The molecule has 0 radical (unpaired) electrons. The highest BCUT2D eigenvalue weighted by Gasteiger charge is 2.17. The first-order valence-corrected chi connectivity index (χ1v) is 5.97. The van der Waals surface area contributed by atoms with Crippen LogP contribution in [0.2, 0.25) is 5.02 Å². The van der Waals surface area contributed by atoms with Gasteiger partial charge in [0.25, 0.3) is 0 Å². The van der Waals surface area contributed by atoms with Gasteiger partial charge in [0.05, 0.1) is 36.2 Å². The summed E-state index contributed by atoms with van der Waals surface area (Å²) in [6.07, 6.45) is 1.60. The standard InChI is InChI=1S/C11H20ClN3O2/c1-14(2)5-4-10(16)11-9(12)8-13-15(11)6-7-17-3/h8,10,16H,4-7H2,1-3H3. The van der Waals surface area contributed by atoms with Crippen molar-refractivity contribution in [2.75, 3.05) is 34.4 Å². The molecule has 1 heterocycles. The summed E-state index contributed by atoms with van der Waals surface area (Å²) in [5, 5.41) is 14.7. The molecule has 1 rings (SSSR count). The van der Waals surface area contributed by atoms with Crippen LogP contribution in [0, 0.1) is 0 Å². The fourth-order valence-corrected chi connectivity index (χ4v) is 1.84. The van der Waals surface area contributed by atoms with Crippen molar-refractivity contribution in [2.45, 2.75) is 19.1 Å². The molecule has 1 atom stereocenters. The predicted octanol–water partition coefficient (Wildman–Crippen LogP) is 1.17. The minimum atomic E-state index is -0.593. The first kappa shape index (κ1) is 14.4. The predicted molar refractivity (Wildman–Crippen MR) is 67.2 cm³/mol. The zero-order valence-corrected chi connectivity index (χ0v) is 11.3. The average molecular weight is 262 g/mol. The lowest BCUT2D eigenvalue weighted by molar-refractivity contribution is 0.137. The lowest BCUT2D eigenvalue weighted by atomic mass is 10.2. The zero-order chi connectivity index (χ0) is 12.8. The Labute approximate surface area is 107 Å². The van der Waals surface area contributed by atoms with Crippen LogP contribution in [0.3, 0.4) is 0 Å². The zero-order valence-electron chi connectivity index (χ0n) is 10.6. The lowest BCUT2D eigenvalue weighted by Crippen LogP contribution is -2.18. The molecule has 0 aliphatic carbocycles. The van der Waals surface area contributed by atoms with Gasteiger partial charge in [0, 0.05) is 13.7 Å². The molecule has 0 aliphatic heterocycles. The van der Waals surface area contributed by atoms with Crippen molar-refractivity contribution in [3.8, 4) is 0 Å². The summed E-state index contributed by atoms with van der Waals surface area (Å²) in [7, 11) is 5.57. The van der Waals surface area contributed by atoms with Gasteiger partial charge in [-0.2, -0.15) is 5.10 Å². The highest BCUT2D eigenvalue weighted by Crippen LogP contribution is 2.25. The Morgan fingerprint density at radius 1 is 1.59 bits per heavy atom. The van der Waals surface area contributed by atoms with Gasteiger partial charge < -0.3 is 14.7 Å². The molecular weight excluding hydrogens is 242 g/mol. The molecule has 98 valence electrons. The Hall–Kier alpha value is -0.620. The number of nitrogens with zero attached hydrogens (tertiary/aromatic N) is 3. The maximum atomic E-state index is 10.1. The van der Waals surface area contributed by atoms with Crippen LogP contribution in [-0.4, -0.2) is 54.1 Å². The minimum absolute atomic E-state index is 0.507. The van der Waals surface area contributed by atoms with Crippen molar-refractivity contribution in [3.63, 3.8) is 0 Å². The molecule has 1 aromatic heterocycles. The van der Waals surface area contributed by atoms with Crippen LogP contribution in [0.1, 0.15) is 18.2 Å². The third-order valence-electron chi connectivity index (χ3n) is 2.51. The number of ether oxygens (including phenoxy) is 1. The van der Waals surface area contributed by atoms with E-state index in [9.17, 15) is 5.11 Å². The molecule has 0 aliphatic rings. The smallest absolute Gasteiger partial charge is 0.0984 e. The Kier molecular flexibility index (Phi) is 5.91. The molecule has 1 aromatic rings. The van der Waals surface area contributed by atoms with Crippen LogP contribution in [0.4, 0.5) is 0 Å². The van der Waals surface area contributed by atoms with Crippen molar-refractivity contribution < 1.29 is 9.84 Å². The summed E-state index contributed by atoms with van der Waals surface area (Å²) in [6, 6.07) is 0. The van der Waals surface area contributed by atoms with E-state index in [1.807, 2.05) is 19.0 Å². The third-order valence-corrected chi connectivity index (χ3v) is 2.80. The van der Waals surface area contributed by atoms with Crippen LogP contribution in [0.5, 0.6) is 0 Å². The molecule has 0 spiro atoms. The van der Waals surface area contributed by atoms with Crippen molar-refractivity contribution in [1.82, 2.24) is 14.7 Å². The van der Waals surface area contributed by atoms with E-state index in [2.05, 4.69) is 5.10 Å². The van der Waals surface area contributed by atoms with Crippen molar-refractivity contribution in [3.05, 3.63) is 16.9 Å². The molecule has 0 saturated carbocycles. The second-order valence-corrected chi connectivity index (χ2v) is 4.61. The minimum Gasteiger partial charge on any atom is -0.387 e. The molecule has 0 aromatic carbocycles. The topological polar surface area (TPSA) is 50.5 Å². The van der Waals surface area contributed by atoms with Gasteiger partial charge in [-0.15, -0.1) is 0 Å². The number of methoxy groups -OCH3 is 1. The Bertz CT molecular complexity index is 341. The van der Waals surface area contributed by atoms with E-state index in [0.717, 1.165) is 6.54 Å². The largest absolute Gasteiger partial charge is 0.387 e. The van der Waals surface area contributed by atoms with Crippen LogP contribution in [0.25, 0.3) is 0 Å². The number of aliphatic hydroxyl groups excluding tert-OH is 1. The molecule has 0 amide bonds. The fraction of sp³-hybridized carbons (Fsp3) is 0.727. The number of rotatable bonds is 7. The van der Waals surface area contributed by atoms with Gasteiger partial charge in [0.1, 0.15) is 0 Å². The number of halogens is 1. The molecule has 0 bridgehead atoms. The average Bonchev–Trinajstić information content (AvgIpc) is 2.64. The summed E-state index contributed by atoms with van der Waals surface area (Å²) in [4.78, 5) is 2.02. The van der Waals surface area contributed by atoms with Crippen LogP contribution in [-0.2, 0) is 11.3 Å². The maximum absolute atomic E-state index is 10.1. The van der Waals surface area contributed by atoms with E-state index in [1.54, 1.807) is 18.0 Å². The van der Waals surface area contributed by atoms with E-state index >= 15 is 0 Å². The highest BCUT2D eigenvalue weighted by molar-refractivity contribution is 6.31.